The van der Waals surface area contributed by atoms with Crippen LogP contribution in [0.2, 0.25) is 0 Å². The molecule has 3 N–H and O–H groups in total. The van der Waals surface area contributed by atoms with E-state index in [2.05, 4.69) is 20.7 Å². The fourth-order valence-electron chi connectivity index (χ4n) is 1.34. The Morgan fingerprint density at radius 3 is 2.79 bits per heavy atom. The maximum atomic E-state index is 11.8. The number of thiocarbonyl (C=S) groups is 1. The third-order valence-electron chi connectivity index (χ3n) is 2.21. The van der Waals surface area contributed by atoms with Gasteiger partial charge in [-0.25, -0.2) is 8.42 Å². The average molecular weight is 367 g/mol. The minimum Gasteiger partial charge on any atom is -0.389 e. The molecule has 0 amide bonds. The monoisotopic (exact) mass is 366 g/mol. The van der Waals surface area contributed by atoms with Crippen LogP contribution in [0.15, 0.2) is 22.7 Å². The zero-order valence-corrected chi connectivity index (χ0v) is 13.6. The minimum atomic E-state index is -3.48. The number of hydrogen-bond donors (Lipinski definition) is 2. The number of halogens is 1. The molecule has 0 aromatic heterocycles. The summed E-state index contributed by atoms with van der Waals surface area (Å²) in [4.78, 5) is 0.129. The summed E-state index contributed by atoms with van der Waals surface area (Å²) in [6.45, 7) is 2.43. The van der Waals surface area contributed by atoms with Gasteiger partial charge in [-0.3, -0.25) is 4.72 Å². The molecule has 0 bridgehead atoms. The van der Waals surface area contributed by atoms with E-state index in [-0.39, 0.29) is 17.3 Å². The van der Waals surface area contributed by atoms with E-state index in [0.717, 1.165) is 4.47 Å². The second-order valence-corrected chi connectivity index (χ2v) is 6.87. The van der Waals surface area contributed by atoms with Gasteiger partial charge in [0.25, 0.3) is 0 Å². The molecule has 0 atom stereocenters. The van der Waals surface area contributed by atoms with Gasteiger partial charge in [0.15, 0.2) is 0 Å². The van der Waals surface area contributed by atoms with Crippen molar-refractivity contribution in [2.75, 3.05) is 23.7 Å². The Kier molecular flexibility index (Phi) is 6.18. The lowest BCUT2D eigenvalue weighted by atomic mass is 10.2. The third kappa shape index (κ3) is 5.43. The van der Waals surface area contributed by atoms with Crippen molar-refractivity contribution in [3.8, 4) is 0 Å². The van der Waals surface area contributed by atoms with Crippen molar-refractivity contribution >= 4 is 48.8 Å². The summed E-state index contributed by atoms with van der Waals surface area (Å²) in [6.07, 6.45) is 0. The number of nitrogens with one attached hydrogen (secondary N) is 1. The standard InChI is InChI=1S/C11H15BrN2O3S2/c1-2-17-5-6-19(15,16)14-10-4-3-8(12)7-9(10)11(13)18/h3-4,7,14H,2,5-6H2,1H3,(H2,13,18). The van der Waals surface area contributed by atoms with E-state index < -0.39 is 10.0 Å². The number of rotatable bonds is 7. The summed E-state index contributed by atoms with van der Waals surface area (Å²) in [5, 5.41) is 0. The third-order valence-corrected chi connectivity index (χ3v) is 4.16. The number of hydrogen-bond acceptors (Lipinski definition) is 4. The summed E-state index contributed by atoms with van der Waals surface area (Å²) in [5.41, 5.74) is 6.42. The first-order valence-electron chi connectivity index (χ1n) is 5.53. The molecule has 5 nitrogen and oxygen atoms in total. The van der Waals surface area contributed by atoms with Crippen LogP contribution in [-0.2, 0) is 14.8 Å². The Morgan fingerprint density at radius 2 is 2.21 bits per heavy atom. The molecule has 0 heterocycles. The van der Waals surface area contributed by atoms with Crippen molar-refractivity contribution in [2.45, 2.75) is 6.92 Å². The van der Waals surface area contributed by atoms with Crippen molar-refractivity contribution in [2.24, 2.45) is 5.73 Å². The number of sulfonamides is 1. The maximum absolute atomic E-state index is 11.8. The van der Waals surface area contributed by atoms with Gasteiger partial charge in [0.2, 0.25) is 10.0 Å². The first-order chi connectivity index (χ1) is 8.85. The van der Waals surface area contributed by atoms with E-state index in [1.807, 2.05) is 0 Å². The molecule has 0 fully saturated rings. The van der Waals surface area contributed by atoms with Gasteiger partial charge in [-0.15, -0.1) is 0 Å². The lowest BCUT2D eigenvalue weighted by Gasteiger charge is -2.12. The summed E-state index contributed by atoms with van der Waals surface area (Å²) in [5.74, 6) is -0.117. The van der Waals surface area contributed by atoms with Crippen LogP contribution >= 0.6 is 28.1 Å². The largest absolute Gasteiger partial charge is 0.389 e. The van der Waals surface area contributed by atoms with Gasteiger partial charge in [-0.05, 0) is 25.1 Å². The summed E-state index contributed by atoms with van der Waals surface area (Å²) >= 11 is 8.19. The molecular weight excluding hydrogens is 352 g/mol. The maximum Gasteiger partial charge on any atom is 0.235 e. The predicted octanol–water partition coefficient (Wildman–Crippen LogP) is 1.86. The van der Waals surface area contributed by atoms with Gasteiger partial charge in [0.05, 0.1) is 18.0 Å². The Bertz CT molecular complexity index is 561. The molecule has 0 radical (unpaired) electrons. The van der Waals surface area contributed by atoms with Crippen molar-refractivity contribution < 1.29 is 13.2 Å². The van der Waals surface area contributed by atoms with Gasteiger partial charge >= 0.3 is 0 Å². The van der Waals surface area contributed by atoms with Gasteiger partial charge in [0, 0.05) is 16.6 Å². The quantitative estimate of drug-likeness (QED) is 0.568. The van der Waals surface area contributed by atoms with Crippen LogP contribution in [0.3, 0.4) is 0 Å². The Morgan fingerprint density at radius 1 is 1.53 bits per heavy atom. The van der Waals surface area contributed by atoms with Crippen LogP contribution in [0.4, 0.5) is 5.69 Å². The lowest BCUT2D eigenvalue weighted by molar-refractivity contribution is 0.163. The molecule has 19 heavy (non-hydrogen) atoms. The molecule has 0 saturated carbocycles. The Hall–Kier alpha value is -0.700. The van der Waals surface area contributed by atoms with Gasteiger partial charge in [-0.1, -0.05) is 28.1 Å². The first kappa shape index (κ1) is 16.4. The Balaban J connectivity index is 2.90. The SMILES string of the molecule is CCOCCS(=O)(=O)Nc1ccc(Br)cc1C(N)=S. The molecule has 0 aliphatic heterocycles. The highest BCUT2D eigenvalue weighted by Gasteiger charge is 2.14. The van der Waals surface area contributed by atoms with E-state index in [0.29, 0.717) is 17.9 Å². The minimum absolute atomic E-state index is 0.117. The van der Waals surface area contributed by atoms with Crippen molar-refractivity contribution in [3.63, 3.8) is 0 Å². The fourth-order valence-corrected chi connectivity index (χ4v) is 2.82. The summed E-state index contributed by atoms with van der Waals surface area (Å²) < 4.78 is 32.0. The first-order valence-corrected chi connectivity index (χ1v) is 8.38. The molecule has 1 aromatic rings. The molecular formula is C11H15BrN2O3S2. The molecule has 0 unspecified atom stereocenters. The molecule has 0 spiro atoms. The smallest absolute Gasteiger partial charge is 0.235 e. The zero-order chi connectivity index (χ0) is 14.5. The van der Waals surface area contributed by atoms with Crippen molar-refractivity contribution in [1.29, 1.82) is 0 Å². The molecule has 8 heteroatoms. The topological polar surface area (TPSA) is 81.4 Å². The Labute approximate surface area is 126 Å². The highest BCUT2D eigenvalue weighted by Crippen LogP contribution is 2.22. The van der Waals surface area contributed by atoms with E-state index in [9.17, 15) is 8.42 Å². The van der Waals surface area contributed by atoms with Gasteiger partial charge in [0.1, 0.15) is 4.99 Å². The van der Waals surface area contributed by atoms with Crippen LogP contribution in [0.5, 0.6) is 0 Å². The fraction of sp³-hybridized carbons (Fsp3) is 0.364. The molecule has 1 rings (SSSR count). The van der Waals surface area contributed by atoms with Crippen LogP contribution in [0, 0.1) is 0 Å². The highest BCUT2D eigenvalue weighted by atomic mass is 79.9. The van der Waals surface area contributed by atoms with Crippen molar-refractivity contribution in [1.82, 2.24) is 0 Å². The summed E-state index contributed by atoms with van der Waals surface area (Å²) in [6, 6.07) is 4.99. The van der Waals surface area contributed by atoms with Gasteiger partial charge < -0.3 is 10.5 Å². The molecule has 0 aliphatic rings. The van der Waals surface area contributed by atoms with Crippen LogP contribution < -0.4 is 10.5 Å². The number of ether oxygens (including phenoxy) is 1. The van der Waals surface area contributed by atoms with Crippen LogP contribution in [0.1, 0.15) is 12.5 Å². The number of benzene rings is 1. The van der Waals surface area contributed by atoms with E-state index >= 15 is 0 Å². The lowest BCUT2D eigenvalue weighted by Crippen LogP contribution is -2.22. The van der Waals surface area contributed by atoms with Crippen molar-refractivity contribution in [3.05, 3.63) is 28.2 Å². The van der Waals surface area contributed by atoms with E-state index in [1.54, 1.807) is 25.1 Å². The second kappa shape index (κ2) is 7.18. The summed E-state index contributed by atoms with van der Waals surface area (Å²) in [7, 11) is -3.48. The second-order valence-electron chi connectivity index (χ2n) is 3.67. The zero-order valence-electron chi connectivity index (χ0n) is 10.3. The van der Waals surface area contributed by atoms with E-state index in [4.69, 9.17) is 22.7 Å². The van der Waals surface area contributed by atoms with Gasteiger partial charge in [-0.2, -0.15) is 0 Å². The molecule has 0 saturated heterocycles. The van der Waals surface area contributed by atoms with Crippen LogP contribution in [0.25, 0.3) is 0 Å². The normalized spacial score (nSPS) is 11.3. The highest BCUT2D eigenvalue weighted by molar-refractivity contribution is 9.10. The van der Waals surface area contributed by atoms with Crippen LogP contribution in [-0.4, -0.2) is 32.4 Å². The van der Waals surface area contributed by atoms with E-state index in [1.165, 1.54) is 0 Å². The molecule has 1 aromatic carbocycles. The number of nitrogens with two attached hydrogens (primary N) is 1. The predicted molar refractivity (Wildman–Crippen MR) is 83.9 cm³/mol. The molecule has 0 aliphatic carbocycles. The molecule has 106 valence electrons. The number of anilines is 1. The average Bonchev–Trinajstić information content (AvgIpc) is 2.31.